The van der Waals surface area contributed by atoms with Crippen molar-refractivity contribution in [1.29, 1.82) is 0 Å². The first kappa shape index (κ1) is 8.12. The van der Waals surface area contributed by atoms with Crippen LogP contribution in [0.25, 0.3) is 0 Å². The minimum Gasteiger partial charge on any atom is -0.507 e. The number of hydrogen-bond donors (Lipinski definition) is 1. The van der Waals surface area contributed by atoms with Gasteiger partial charge in [-0.25, -0.2) is 0 Å². The predicted octanol–water partition coefficient (Wildman–Crippen LogP) is 2.57. The molecular weight excluding hydrogens is 136 g/mol. The van der Waals surface area contributed by atoms with Crippen molar-refractivity contribution in [2.45, 2.75) is 27.2 Å². The molecule has 60 valence electrons. The predicted molar refractivity (Wildman–Crippen MR) is 47.0 cm³/mol. The third kappa shape index (κ3) is 1.37. The van der Waals surface area contributed by atoms with E-state index < -0.39 is 0 Å². The second-order valence-electron chi connectivity index (χ2n) is 2.87. The molecule has 0 radical (unpaired) electrons. The smallest absolute Gasteiger partial charge is 0.121 e. The van der Waals surface area contributed by atoms with Crippen LogP contribution >= 0.6 is 0 Å². The average molecular weight is 150 g/mol. The normalized spacial score (nSPS) is 10.1. The van der Waals surface area contributed by atoms with Gasteiger partial charge in [0.1, 0.15) is 5.75 Å². The number of rotatable bonds is 1. The first-order valence-corrected chi connectivity index (χ1v) is 3.94. The summed E-state index contributed by atoms with van der Waals surface area (Å²) in [6, 6.07) is 4.03. The second kappa shape index (κ2) is 2.95. The fourth-order valence-corrected chi connectivity index (χ4v) is 1.26. The minimum atomic E-state index is 0.448. The molecule has 0 aromatic heterocycles. The van der Waals surface area contributed by atoms with Crippen molar-refractivity contribution in [2.24, 2.45) is 0 Å². The molecule has 1 heteroatoms. The van der Waals surface area contributed by atoms with Gasteiger partial charge < -0.3 is 5.11 Å². The van der Waals surface area contributed by atoms with Crippen LogP contribution in [0.2, 0.25) is 0 Å². The van der Waals surface area contributed by atoms with Crippen LogP contribution in [0.3, 0.4) is 0 Å². The minimum absolute atomic E-state index is 0.448. The highest BCUT2D eigenvalue weighted by Crippen LogP contribution is 2.24. The zero-order valence-corrected chi connectivity index (χ0v) is 7.31. The highest BCUT2D eigenvalue weighted by molar-refractivity contribution is 5.43. The number of aryl methyl sites for hydroxylation is 2. The summed E-state index contributed by atoms with van der Waals surface area (Å²) in [6.45, 7) is 5.97. The van der Waals surface area contributed by atoms with Crippen LogP contribution in [0, 0.1) is 13.8 Å². The fraction of sp³-hybridized carbons (Fsp3) is 0.400. The van der Waals surface area contributed by atoms with E-state index in [9.17, 15) is 5.11 Å². The molecule has 0 aliphatic carbocycles. The Labute approximate surface area is 67.7 Å². The largest absolute Gasteiger partial charge is 0.507 e. The van der Waals surface area contributed by atoms with E-state index in [-0.39, 0.29) is 0 Å². The van der Waals surface area contributed by atoms with Crippen molar-refractivity contribution in [1.82, 2.24) is 0 Å². The van der Waals surface area contributed by atoms with Gasteiger partial charge in [-0.05, 0) is 37.0 Å². The van der Waals surface area contributed by atoms with E-state index >= 15 is 0 Å². The molecule has 0 fully saturated rings. The van der Waals surface area contributed by atoms with E-state index in [0.717, 1.165) is 17.5 Å². The third-order valence-electron chi connectivity index (χ3n) is 2.13. The van der Waals surface area contributed by atoms with Crippen LogP contribution in [0.4, 0.5) is 0 Å². The Balaban J connectivity index is 3.25. The highest BCUT2D eigenvalue weighted by Gasteiger charge is 2.02. The quantitative estimate of drug-likeness (QED) is 0.652. The molecule has 1 aromatic rings. The van der Waals surface area contributed by atoms with Gasteiger partial charge in [0.15, 0.2) is 0 Å². The number of aromatic hydroxyl groups is 1. The van der Waals surface area contributed by atoms with Gasteiger partial charge in [0.2, 0.25) is 0 Å². The lowest BCUT2D eigenvalue weighted by Crippen LogP contribution is -1.88. The summed E-state index contributed by atoms with van der Waals surface area (Å²) in [5.74, 6) is 0.448. The van der Waals surface area contributed by atoms with Crippen molar-refractivity contribution in [3.8, 4) is 5.75 Å². The summed E-state index contributed by atoms with van der Waals surface area (Å²) < 4.78 is 0. The molecule has 0 spiro atoms. The highest BCUT2D eigenvalue weighted by atomic mass is 16.3. The first-order valence-electron chi connectivity index (χ1n) is 3.94. The monoisotopic (exact) mass is 150 g/mol. The van der Waals surface area contributed by atoms with E-state index in [1.165, 1.54) is 5.56 Å². The SMILES string of the molecule is CCc1ccc(C)c(O)c1C. The van der Waals surface area contributed by atoms with E-state index in [2.05, 4.69) is 13.0 Å². The Hall–Kier alpha value is -0.980. The molecule has 0 heterocycles. The third-order valence-corrected chi connectivity index (χ3v) is 2.13. The van der Waals surface area contributed by atoms with Crippen molar-refractivity contribution < 1.29 is 5.11 Å². The lowest BCUT2D eigenvalue weighted by Gasteiger charge is -2.06. The van der Waals surface area contributed by atoms with Crippen molar-refractivity contribution in [2.75, 3.05) is 0 Å². The molecule has 0 saturated heterocycles. The second-order valence-corrected chi connectivity index (χ2v) is 2.87. The molecule has 0 atom stereocenters. The van der Waals surface area contributed by atoms with Crippen LogP contribution in [0.15, 0.2) is 12.1 Å². The molecule has 1 rings (SSSR count). The molecule has 0 bridgehead atoms. The van der Waals surface area contributed by atoms with Gasteiger partial charge in [0, 0.05) is 0 Å². The molecule has 1 aromatic carbocycles. The molecule has 0 aliphatic rings. The molecule has 11 heavy (non-hydrogen) atoms. The average Bonchev–Trinajstić information content (AvgIpc) is 2.01. The Morgan fingerprint density at radius 3 is 2.45 bits per heavy atom. The van der Waals surface area contributed by atoms with Gasteiger partial charge in [-0.2, -0.15) is 0 Å². The Kier molecular flexibility index (Phi) is 2.18. The van der Waals surface area contributed by atoms with Gasteiger partial charge >= 0.3 is 0 Å². The van der Waals surface area contributed by atoms with Gasteiger partial charge in [0.05, 0.1) is 0 Å². The van der Waals surface area contributed by atoms with E-state index in [0.29, 0.717) is 5.75 Å². The lowest BCUT2D eigenvalue weighted by molar-refractivity contribution is 0.466. The molecule has 0 unspecified atom stereocenters. The molecule has 0 amide bonds. The van der Waals surface area contributed by atoms with Crippen molar-refractivity contribution in [3.63, 3.8) is 0 Å². The molecule has 0 saturated carbocycles. The van der Waals surface area contributed by atoms with Crippen molar-refractivity contribution >= 4 is 0 Å². The summed E-state index contributed by atoms with van der Waals surface area (Å²) in [7, 11) is 0. The summed E-state index contributed by atoms with van der Waals surface area (Å²) in [6.07, 6.45) is 0.986. The van der Waals surface area contributed by atoms with Crippen molar-refractivity contribution in [3.05, 3.63) is 28.8 Å². The summed E-state index contributed by atoms with van der Waals surface area (Å²) in [4.78, 5) is 0. The standard InChI is InChI=1S/C10H14O/c1-4-9-6-5-7(2)10(11)8(9)3/h5-6,11H,4H2,1-3H3. The maximum absolute atomic E-state index is 9.52. The number of benzene rings is 1. The van der Waals surface area contributed by atoms with Crippen LogP contribution in [-0.4, -0.2) is 5.11 Å². The lowest BCUT2D eigenvalue weighted by atomic mass is 10.0. The van der Waals surface area contributed by atoms with Gasteiger partial charge in [0.25, 0.3) is 0 Å². The van der Waals surface area contributed by atoms with Gasteiger partial charge in [-0.1, -0.05) is 19.1 Å². The Morgan fingerprint density at radius 1 is 1.27 bits per heavy atom. The van der Waals surface area contributed by atoms with Crippen LogP contribution in [0.5, 0.6) is 5.75 Å². The molecule has 1 nitrogen and oxygen atoms in total. The zero-order chi connectivity index (χ0) is 8.43. The van der Waals surface area contributed by atoms with Crippen LogP contribution < -0.4 is 0 Å². The maximum atomic E-state index is 9.52. The zero-order valence-electron chi connectivity index (χ0n) is 7.31. The first-order chi connectivity index (χ1) is 5.16. The Morgan fingerprint density at radius 2 is 1.91 bits per heavy atom. The van der Waals surface area contributed by atoms with E-state index in [4.69, 9.17) is 0 Å². The molecular formula is C10H14O. The molecule has 1 N–H and O–H groups in total. The van der Waals surface area contributed by atoms with Gasteiger partial charge in [-0.15, -0.1) is 0 Å². The van der Waals surface area contributed by atoms with Crippen LogP contribution in [-0.2, 0) is 6.42 Å². The topological polar surface area (TPSA) is 20.2 Å². The Bertz CT molecular complexity index is 264. The maximum Gasteiger partial charge on any atom is 0.121 e. The fourth-order valence-electron chi connectivity index (χ4n) is 1.26. The van der Waals surface area contributed by atoms with E-state index in [1.54, 1.807) is 0 Å². The molecule has 0 aliphatic heterocycles. The number of phenolic OH excluding ortho intramolecular Hbond substituents is 1. The van der Waals surface area contributed by atoms with Gasteiger partial charge in [-0.3, -0.25) is 0 Å². The number of phenols is 1. The number of hydrogen-bond acceptors (Lipinski definition) is 1. The van der Waals surface area contributed by atoms with E-state index in [1.807, 2.05) is 19.9 Å². The van der Waals surface area contributed by atoms with Crippen LogP contribution in [0.1, 0.15) is 23.6 Å². The summed E-state index contributed by atoms with van der Waals surface area (Å²) >= 11 is 0. The summed E-state index contributed by atoms with van der Waals surface area (Å²) in [5, 5.41) is 9.52. The summed E-state index contributed by atoms with van der Waals surface area (Å²) in [5.41, 5.74) is 3.21.